The molecule has 0 spiro atoms. The molecule has 0 radical (unpaired) electrons. The molecular weight excluding hydrogens is 212 g/mol. The number of likely N-dealkylation sites (tertiary alicyclic amines) is 1. The third-order valence-electron chi connectivity index (χ3n) is 3.78. The molecule has 1 aliphatic heterocycles. The Balaban J connectivity index is 1.96. The molecule has 2 rings (SSSR count). The van der Waals surface area contributed by atoms with Gasteiger partial charge in [-0.3, -0.25) is 14.9 Å². The van der Waals surface area contributed by atoms with Gasteiger partial charge in [-0.1, -0.05) is 13.3 Å². The van der Waals surface area contributed by atoms with E-state index in [-0.39, 0.29) is 0 Å². The van der Waals surface area contributed by atoms with Gasteiger partial charge in [0.1, 0.15) is 0 Å². The normalized spacial score (nSPS) is 26.0. The highest BCUT2D eigenvalue weighted by Gasteiger charge is 2.26. The fraction of sp³-hybridized carbons (Fsp3) is 0.692. The Kier molecular flexibility index (Phi) is 4.45. The average Bonchev–Trinajstić information content (AvgIpc) is 2.40. The number of hydrogen-bond donors (Lipinski definition) is 1. The minimum absolute atomic E-state index is 0.510. The number of piperidine rings is 1. The Morgan fingerprint density at radius 3 is 3.00 bits per heavy atom. The zero-order valence-corrected chi connectivity index (χ0v) is 10.5. The van der Waals surface area contributed by atoms with Gasteiger partial charge in [-0.2, -0.15) is 0 Å². The number of nitrogens with zero attached hydrogens (tertiary/aromatic N) is 3. The zero-order valence-electron chi connectivity index (χ0n) is 10.5. The van der Waals surface area contributed by atoms with Crippen LogP contribution in [0.3, 0.4) is 0 Å². The first-order valence-corrected chi connectivity index (χ1v) is 6.52. The number of nitrogens with two attached hydrogens (primary N) is 1. The molecule has 0 amide bonds. The van der Waals surface area contributed by atoms with Gasteiger partial charge in [0.2, 0.25) is 0 Å². The first kappa shape index (κ1) is 12.5. The van der Waals surface area contributed by atoms with Gasteiger partial charge in [0.25, 0.3) is 0 Å². The van der Waals surface area contributed by atoms with Gasteiger partial charge in [-0.15, -0.1) is 0 Å². The van der Waals surface area contributed by atoms with E-state index in [9.17, 15) is 0 Å². The van der Waals surface area contributed by atoms with Crippen LogP contribution in [0, 0.1) is 5.92 Å². The summed E-state index contributed by atoms with van der Waals surface area (Å²) in [7, 11) is 0. The molecule has 1 saturated heterocycles. The van der Waals surface area contributed by atoms with Crippen molar-refractivity contribution in [2.24, 2.45) is 11.7 Å². The lowest BCUT2D eigenvalue weighted by Crippen LogP contribution is -2.46. The predicted molar refractivity (Wildman–Crippen MR) is 68.3 cm³/mol. The molecule has 4 heteroatoms. The van der Waals surface area contributed by atoms with Crippen LogP contribution in [0.1, 0.15) is 31.9 Å². The van der Waals surface area contributed by atoms with Gasteiger partial charge >= 0.3 is 0 Å². The first-order valence-electron chi connectivity index (χ1n) is 6.52. The summed E-state index contributed by atoms with van der Waals surface area (Å²) in [5.74, 6) is 0.849. The Morgan fingerprint density at radius 1 is 1.47 bits per heavy atom. The Labute approximate surface area is 103 Å². The minimum Gasteiger partial charge on any atom is -0.329 e. The van der Waals surface area contributed by atoms with E-state index in [0.29, 0.717) is 6.04 Å². The second-order valence-corrected chi connectivity index (χ2v) is 4.86. The van der Waals surface area contributed by atoms with Gasteiger partial charge in [0, 0.05) is 37.7 Å². The van der Waals surface area contributed by atoms with Crippen LogP contribution in [-0.4, -0.2) is 34.0 Å². The second-order valence-electron chi connectivity index (χ2n) is 4.86. The van der Waals surface area contributed by atoms with Crippen molar-refractivity contribution in [3.05, 3.63) is 24.3 Å². The van der Waals surface area contributed by atoms with E-state index in [1.807, 2.05) is 6.20 Å². The molecule has 2 N–H and O–H groups in total. The van der Waals surface area contributed by atoms with E-state index in [0.717, 1.165) is 31.2 Å². The topological polar surface area (TPSA) is 55.0 Å². The minimum atomic E-state index is 0.510. The molecule has 1 aromatic rings. The third kappa shape index (κ3) is 3.23. The molecule has 1 aromatic heterocycles. The van der Waals surface area contributed by atoms with Gasteiger partial charge in [-0.05, 0) is 25.3 Å². The largest absolute Gasteiger partial charge is 0.329 e. The number of rotatable bonds is 4. The van der Waals surface area contributed by atoms with Crippen molar-refractivity contribution in [2.45, 2.75) is 38.8 Å². The quantitative estimate of drug-likeness (QED) is 0.856. The molecule has 17 heavy (non-hydrogen) atoms. The van der Waals surface area contributed by atoms with Crippen molar-refractivity contribution in [3.63, 3.8) is 0 Å². The van der Waals surface area contributed by atoms with E-state index in [1.54, 1.807) is 12.4 Å². The van der Waals surface area contributed by atoms with Crippen molar-refractivity contribution in [2.75, 3.05) is 13.1 Å². The predicted octanol–water partition coefficient (Wildman–Crippen LogP) is 1.43. The summed E-state index contributed by atoms with van der Waals surface area (Å²) in [6.45, 7) is 5.04. The summed E-state index contributed by atoms with van der Waals surface area (Å²) < 4.78 is 0. The summed E-state index contributed by atoms with van der Waals surface area (Å²) in [4.78, 5) is 10.9. The van der Waals surface area contributed by atoms with Crippen LogP contribution in [-0.2, 0) is 6.54 Å². The molecule has 0 saturated carbocycles. The first-order chi connectivity index (χ1) is 8.33. The smallest absolute Gasteiger partial charge is 0.0726 e. The van der Waals surface area contributed by atoms with Crippen LogP contribution < -0.4 is 5.73 Å². The molecule has 94 valence electrons. The van der Waals surface area contributed by atoms with Gasteiger partial charge in [0.15, 0.2) is 0 Å². The molecule has 1 aliphatic rings. The van der Waals surface area contributed by atoms with Crippen molar-refractivity contribution < 1.29 is 0 Å². The molecular formula is C13H22N4. The lowest BCUT2D eigenvalue weighted by atomic mass is 9.89. The van der Waals surface area contributed by atoms with Crippen molar-refractivity contribution in [1.82, 2.24) is 14.9 Å². The lowest BCUT2D eigenvalue weighted by molar-refractivity contribution is 0.106. The van der Waals surface area contributed by atoms with E-state index in [2.05, 4.69) is 21.8 Å². The van der Waals surface area contributed by atoms with Crippen LogP contribution in [0.2, 0.25) is 0 Å². The number of hydrogen-bond acceptors (Lipinski definition) is 4. The molecule has 2 heterocycles. The molecule has 0 aromatic carbocycles. The van der Waals surface area contributed by atoms with E-state index in [4.69, 9.17) is 5.73 Å². The van der Waals surface area contributed by atoms with Crippen molar-refractivity contribution >= 4 is 0 Å². The summed E-state index contributed by atoms with van der Waals surface area (Å²) in [6, 6.07) is 0.510. The van der Waals surface area contributed by atoms with E-state index >= 15 is 0 Å². The molecule has 0 aliphatic carbocycles. The maximum absolute atomic E-state index is 5.89. The molecule has 2 atom stereocenters. The Hall–Kier alpha value is -1.00. The van der Waals surface area contributed by atoms with Crippen molar-refractivity contribution in [1.29, 1.82) is 0 Å². The van der Waals surface area contributed by atoms with Gasteiger partial charge < -0.3 is 5.73 Å². The van der Waals surface area contributed by atoms with Gasteiger partial charge in [-0.25, -0.2) is 0 Å². The average molecular weight is 234 g/mol. The summed E-state index contributed by atoms with van der Waals surface area (Å²) in [5, 5.41) is 0. The fourth-order valence-corrected chi connectivity index (χ4v) is 2.63. The summed E-state index contributed by atoms with van der Waals surface area (Å²) in [6.07, 6.45) is 9.11. The van der Waals surface area contributed by atoms with Gasteiger partial charge in [0.05, 0.1) is 5.69 Å². The molecule has 4 nitrogen and oxygen atoms in total. The SMILES string of the molecule is CCC1CCN(Cc2cnccn2)C(CN)C1. The highest BCUT2D eigenvalue weighted by molar-refractivity contribution is 4.96. The maximum Gasteiger partial charge on any atom is 0.0726 e. The zero-order chi connectivity index (χ0) is 12.1. The van der Waals surface area contributed by atoms with Crippen LogP contribution in [0.4, 0.5) is 0 Å². The van der Waals surface area contributed by atoms with Crippen LogP contribution >= 0.6 is 0 Å². The monoisotopic (exact) mass is 234 g/mol. The second kappa shape index (κ2) is 6.07. The lowest BCUT2D eigenvalue weighted by Gasteiger charge is -2.38. The summed E-state index contributed by atoms with van der Waals surface area (Å²) in [5.41, 5.74) is 6.93. The summed E-state index contributed by atoms with van der Waals surface area (Å²) >= 11 is 0. The highest BCUT2D eigenvalue weighted by atomic mass is 15.2. The fourth-order valence-electron chi connectivity index (χ4n) is 2.63. The van der Waals surface area contributed by atoms with E-state index < -0.39 is 0 Å². The third-order valence-corrected chi connectivity index (χ3v) is 3.78. The van der Waals surface area contributed by atoms with Crippen LogP contribution in [0.5, 0.6) is 0 Å². The van der Waals surface area contributed by atoms with E-state index in [1.165, 1.54) is 19.3 Å². The highest BCUT2D eigenvalue weighted by Crippen LogP contribution is 2.25. The molecule has 0 bridgehead atoms. The Bertz CT molecular complexity index is 327. The standard InChI is InChI=1S/C13H22N4/c1-2-11-3-6-17(13(7-11)8-14)10-12-9-15-4-5-16-12/h4-5,9,11,13H,2-3,6-8,10,14H2,1H3. The number of aromatic nitrogens is 2. The molecule has 1 fully saturated rings. The van der Waals surface area contributed by atoms with Crippen LogP contribution in [0.25, 0.3) is 0 Å². The maximum atomic E-state index is 5.89. The molecule has 2 unspecified atom stereocenters. The van der Waals surface area contributed by atoms with Crippen molar-refractivity contribution in [3.8, 4) is 0 Å². The Morgan fingerprint density at radius 2 is 2.35 bits per heavy atom. The van der Waals surface area contributed by atoms with Crippen LogP contribution in [0.15, 0.2) is 18.6 Å².